The van der Waals surface area contributed by atoms with Crippen LogP contribution in [-0.4, -0.2) is 43.0 Å². The number of nitrogens with one attached hydrogen (secondary N) is 2. The molecular weight excluding hydrogens is 252 g/mol. The summed E-state index contributed by atoms with van der Waals surface area (Å²) in [7, 11) is 0. The van der Waals surface area contributed by atoms with E-state index in [0.29, 0.717) is 6.54 Å². The Bertz CT molecular complexity index is 482. The second-order valence-electron chi connectivity index (χ2n) is 5.02. The zero-order valence-corrected chi connectivity index (χ0v) is 11.7. The highest BCUT2D eigenvalue weighted by Crippen LogP contribution is 2.11. The molecule has 1 fully saturated rings. The molecule has 0 saturated carbocycles. The van der Waals surface area contributed by atoms with E-state index >= 15 is 0 Å². The van der Waals surface area contributed by atoms with Crippen molar-refractivity contribution in [3.8, 4) is 6.07 Å². The van der Waals surface area contributed by atoms with Gasteiger partial charge in [-0.1, -0.05) is 30.3 Å². The number of carbonyl (C=O) groups excluding carboxylic acids is 1. The van der Waals surface area contributed by atoms with E-state index in [-0.39, 0.29) is 24.5 Å². The molecule has 0 aromatic heterocycles. The van der Waals surface area contributed by atoms with Crippen molar-refractivity contribution in [3.05, 3.63) is 35.9 Å². The van der Waals surface area contributed by atoms with Gasteiger partial charge in [0, 0.05) is 19.6 Å². The number of rotatable bonds is 4. The van der Waals surface area contributed by atoms with Crippen molar-refractivity contribution in [3.63, 3.8) is 0 Å². The molecule has 20 heavy (non-hydrogen) atoms. The molecule has 5 heteroatoms. The van der Waals surface area contributed by atoms with Crippen LogP contribution in [0.4, 0.5) is 0 Å². The Morgan fingerprint density at radius 3 is 3.00 bits per heavy atom. The molecule has 106 valence electrons. The number of carbonyl (C=O) groups is 1. The van der Waals surface area contributed by atoms with E-state index < -0.39 is 0 Å². The molecule has 0 radical (unpaired) electrons. The average Bonchev–Trinajstić information content (AvgIpc) is 2.48. The lowest BCUT2D eigenvalue weighted by molar-refractivity contribution is -0.123. The third kappa shape index (κ3) is 3.80. The highest BCUT2D eigenvalue weighted by atomic mass is 16.2. The van der Waals surface area contributed by atoms with Gasteiger partial charge in [-0.3, -0.25) is 9.69 Å². The summed E-state index contributed by atoms with van der Waals surface area (Å²) in [5.41, 5.74) is 1.08. The molecule has 2 rings (SSSR count). The molecule has 0 aliphatic carbocycles. The average molecular weight is 272 g/mol. The van der Waals surface area contributed by atoms with Crippen LogP contribution in [0.15, 0.2) is 30.3 Å². The fourth-order valence-corrected chi connectivity index (χ4v) is 2.36. The minimum absolute atomic E-state index is 0.0212. The van der Waals surface area contributed by atoms with E-state index in [0.717, 1.165) is 18.7 Å². The van der Waals surface area contributed by atoms with Crippen LogP contribution in [0.1, 0.15) is 18.5 Å². The monoisotopic (exact) mass is 272 g/mol. The molecule has 0 spiro atoms. The molecule has 2 unspecified atom stereocenters. The molecule has 1 amide bonds. The third-order valence-corrected chi connectivity index (χ3v) is 3.53. The second-order valence-corrected chi connectivity index (χ2v) is 5.02. The molecule has 1 aromatic rings. The summed E-state index contributed by atoms with van der Waals surface area (Å²) in [5, 5.41) is 15.2. The van der Waals surface area contributed by atoms with Crippen molar-refractivity contribution < 1.29 is 4.79 Å². The van der Waals surface area contributed by atoms with Gasteiger partial charge in [-0.25, -0.2) is 0 Å². The van der Waals surface area contributed by atoms with Gasteiger partial charge < -0.3 is 10.6 Å². The first-order valence-corrected chi connectivity index (χ1v) is 6.89. The summed E-state index contributed by atoms with van der Waals surface area (Å²) >= 11 is 0. The maximum absolute atomic E-state index is 12.1. The summed E-state index contributed by atoms with van der Waals surface area (Å²) in [6, 6.07) is 11.8. The largest absolute Gasteiger partial charge is 0.348 e. The number of amides is 1. The normalized spacial score (nSPS) is 20.9. The van der Waals surface area contributed by atoms with Crippen molar-refractivity contribution in [1.82, 2.24) is 15.5 Å². The van der Waals surface area contributed by atoms with Gasteiger partial charge in [0.1, 0.15) is 6.04 Å². The van der Waals surface area contributed by atoms with Gasteiger partial charge in [0.2, 0.25) is 5.91 Å². The summed E-state index contributed by atoms with van der Waals surface area (Å²) in [4.78, 5) is 14.0. The van der Waals surface area contributed by atoms with Gasteiger partial charge in [-0.2, -0.15) is 5.26 Å². The highest BCUT2D eigenvalue weighted by Gasteiger charge is 2.24. The van der Waals surface area contributed by atoms with Crippen molar-refractivity contribution in [2.75, 3.05) is 26.2 Å². The Labute approximate surface area is 119 Å². The van der Waals surface area contributed by atoms with Crippen molar-refractivity contribution in [2.24, 2.45) is 0 Å². The Kier molecular flexibility index (Phi) is 5.10. The Hall–Kier alpha value is -1.90. The Morgan fingerprint density at radius 1 is 1.55 bits per heavy atom. The first-order valence-electron chi connectivity index (χ1n) is 6.89. The van der Waals surface area contributed by atoms with E-state index in [1.54, 1.807) is 0 Å². The predicted octanol–water partition coefficient (Wildman–Crippen LogP) is 0.661. The minimum Gasteiger partial charge on any atom is -0.348 e. The number of hydrogen-bond acceptors (Lipinski definition) is 4. The predicted molar refractivity (Wildman–Crippen MR) is 76.8 cm³/mol. The maximum Gasteiger partial charge on any atom is 0.234 e. The van der Waals surface area contributed by atoms with Crippen LogP contribution in [0.2, 0.25) is 0 Å². The standard InChI is InChI=1S/C15H20N4O/c1-12(13-5-3-2-4-6-13)18-15(20)11-19-8-7-17-10-14(19)9-16/h2-6,12,14,17H,7-8,10-11H2,1H3,(H,18,20). The zero-order chi connectivity index (χ0) is 14.4. The van der Waals surface area contributed by atoms with Gasteiger partial charge in [0.25, 0.3) is 0 Å². The maximum atomic E-state index is 12.1. The SMILES string of the molecule is CC(NC(=O)CN1CCNCC1C#N)c1ccccc1. The first-order chi connectivity index (χ1) is 9.70. The summed E-state index contributed by atoms with van der Waals surface area (Å²) < 4.78 is 0. The van der Waals surface area contributed by atoms with E-state index in [9.17, 15) is 4.79 Å². The van der Waals surface area contributed by atoms with Crippen LogP contribution in [0.25, 0.3) is 0 Å². The van der Waals surface area contributed by atoms with Crippen LogP contribution in [-0.2, 0) is 4.79 Å². The molecule has 2 atom stereocenters. The highest BCUT2D eigenvalue weighted by molar-refractivity contribution is 5.78. The summed E-state index contributed by atoms with van der Waals surface area (Å²) in [6.45, 7) is 4.41. The fourth-order valence-electron chi connectivity index (χ4n) is 2.36. The number of hydrogen-bond donors (Lipinski definition) is 2. The van der Waals surface area contributed by atoms with Gasteiger partial charge in [-0.05, 0) is 12.5 Å². The van der Waals surface area contributed by atoms with Gasteiger partial charge in [0.05, 0.1) is 18.7 Å². The second kappa shape index (κ2) is 7.04. The molecule has 1 aliphatic rings. The lowest BCUT2D eigenvalue weighted by atomic mass is 10.1. The van der Waals surface area contributed by atoms with Crippen LogP contribution in [0.5, 0.6) is 0 Å². The smallest absolute Gasteiger partial charge is 0.234 e. The van der Waals surface area contributed by atoms with E-state index in [1.807, 2.05) is 42.2 Å². The quantitative estimate of drug-likeness (QED) is 0.845. The van der Waals surface area contributed by atoms with Gasteiger partial charge >= 0.3 is 0 Å². The molecule has 1 aromatic carbocycles. The molecule has 2 N–H and O–H groups in total. The van der Waals surface area contributed by atoms with Crippen LogP contribution in [0, 0.1) is 11.3 Å². The van der Waals surface area contributed by atoms with E-state index in [4.69, 9.17) is 5.26 Å². The Morgan fingerprint density at radius 2 is 2.30 bits per heavy atom. The zero-order valence-electron chi connectivity index (χ0n) is 11.7. The van der Waals surface area contributed by atoms with Crippen molar-refractivity contribution in [1.29, 1.82) is 5.26 Å². The number of benzene rings is 1. The molecule has 1 aliphatic heterocycles. The number of piperazine rings is 1. The third-order valence-electron chi connectivity index (χ3n) is 3.53. The van der Waals surface area contributed by atoms with Crippen LogP contribution in [0.3, 0.4) is 0 Å². The molecule has 0 bridgehead atoms. The molecule has 1 heterocycles. The number of nitrogens with zero attached hydrogens (tertiary/aromatic N) is 2. The van der Waals surface area contributed by atoms with Crippen molar-refractivity contribution in [2.45, 2.75) is 19.0 Å². The van der Waals surface area contributed by atoms with Crippen molar-refractivity contribution >= 4 is 5.91 Å². The molecule has 5 nitrogen and oxygen atoms in total. The first kappa shape index (κ1) is 14.5. The van der Waals surface area contributed by atoms with Gasteiger partial charge in [0.15, 0.2) is 0 Å². The molecular formula is C15H20N4O. The van der Waals surface area contributed by atoms with E-state index in [2.05, 4.69) is 16.7 Å². The van der Waals surface area contributed by atoms with Crippen LogP contribution >= 0.6 is 0 Å². The summed E-state index contributed by atoms with van der Waals surface area (Å²) in [5.74, 6) is -0.0384. The Balaban J connectivity index is 1.87. The van der Waals surface area contributed by atoms with Gasteiger partial charge in [-0.15, -0.1) is 0 Å². The summed E-state index contributed by atoms with van der Waals surface area (Å²) in [6.07, 6.45) is 0. The topological polar surface area (TPSA) is 68.2 Å². The van der Waals surface area contributed by atoms with E-state index in [1.165, 1.54) is 0 Å². The number of nitriles is 1. The lowest BCUT2D eigenvalue weighted by Crippen LogP contribution is -2.53. The fraction of sp³-hybridized carbons (Fsp3) is 0.467. The molecule has 1 saturated heterocycles. The minimum atomic E-state index is -0.221. The van der Waals surface area contributed by atoms with Crippen LogP contribution < -0.4 is 10.6 Å². The lowest BCUT2D eigenvalue weighted by Gasteiger charge is -2.31.